The molecule has 0 amide bonds. The molecule has 0 heterocycles. The van der Waals surface area contributed by atoms with E-state index in [1.165, 1.54) is 10.5 Å². The van der Waals surface area contributed by atoms with Crippen LogP contribution < -0.4 is 5.32 Å². The highest BCUT2D eigenvalue weighted by atomic mass is 79.9. The minimum Gasteiger partial charge on any atom is -0.308 e. The molecule has 0 saturated heterocycles. The van der Waals surface area contributed by atoms with Crippen molar-refractivity contribution in [3.8, 4) is 0 Å². The lowest BCUT2D eigenvalue weighted by atomic mass is 10.1. The fourth-order valence-electron chi connectivity index (χ4n) is 1.76. The quantitative estimate of drug-likeness (QED) is 0.679. The molecule has 0 aromatic heterocycles. The van der Waals surface area contributed by atoms with Gasteiger partial charge in [-0.15, -0.1) is 0 Å². The Labute approximate surface area is 144 Å². The van der Waals surface area contributed by atoms with Crippen molar-refractivity contribution in [2.75, 3.05) is 0 Å². The number of halogens is 2. The Morgan fingerprint density at radius 1 is 1.10 bits per heavy atom. The lowest BCUT2D eigenvalue weighted by Crippen LogP contribution is -2.35. The fraction of sp³-hybridized carbons (Fsp3) is 0.294. The second-order valence-electron chi connectivity index (χ2n) is 5.92. The molecule has 0 spiro atoms. The SMILES string of the molecule is CC(C)(C)NCc1ccc(Sc2cccc(Cl)c2)cc1Br. The van der Waals surface area contributed by atoms with Crippen LogP contribution in [0.1, 0.15) is 26.3 Å². The maximum absolute atomic E-state index is 6.02. The number of hydrogen-bond acceptors (Lipinski definition) is 2. The first-order valence-corrected chi connectivity index (χ1v) is 8.79. The second-order valence-corrected chi connectivity index (χ2v) is 8.35. The minimum atomic E-state index is 0.119. The molecule has 2 aromatic rings. The topological polar surface area (TPSA) is 12.0 Å². The van der Waals surface area contributed by atoms with Crippen LogP contribution in [0.25, 0.3) is 0 Å². The van der Waals surface area contributed by atoms with Crippen LogP contribution in [0.2, 0.25) is 5.02 Å². The first kappa shape index (κ1) is 16.9. The van der Waals surface area contributed by atoms with Crippen LogP contribution in [0.15, 0.2) is 56.7 Å². The van der Waals surface area contributed by atoms with Gasteiger partial charge in [0.1, 0.15) is 0 Å². The van der Waals surface area contributed by atoms with Crippen LogP contribution in [0.3, 0.4) is 0 Å². The maximum Gasteiger partial charge on any atom is 0.0417 e. The van der Waals surface area contributed by atoms with Gasteiger partial charge >= 0.3 is 0 Å². The van der Waals surface area contributed by atoms with Gasteiger partial charge in [0.15, 0.2) is 0 Å². The van der Waals surface area contributed by atoms with E-state index < -0.39 is 0 Å². The maximum atomic E-state index is 6.02. The Hall–Kier alpha value is -0.480. The van der Waals surface area contributed by atoms with E-state index in [1.807, 2.05) is 18.2 Å². The van der Waals surface area contributed by atoms with Gasteiger partial charge in [-0.05, 0) is 56.7 Å². The highest BCUT2D eigenvalue weighted by Crippen LogP contribution is 2.32. The van der Waals surface area contributed by atoms with Gasteiger partial charge in [0, 0.05) is 31.4 Å². The summed E-state index contributed by atoms with van der Waals surface area (Å²) >= 11 is 11.4. The van der Waals surface area contributed by atoms with E-state index in [0.717, 1.165) is 20.9 Å². The van der Waals surface area contributed by atoms with Gasteiger partial charge in [-0.2, -0.15) is 0 Å². The molecule has 112 valence electrons. The summed E-state index contributed by atoms with van der Waals surface area (Å²) in [5, 5.41) is 4.27. The van der Waals surface area contributed by atoms with Gasteiger partial charge in [0.05, 0.1) is 0 Å². The Balaban J connectivity index is 2.08. The van der Waals surface area contributed by atoms with Crippen molar-refractivity contribution in [1.29, 1.82) is 0 Å². The first-order valence-electron chi connectivity index (χ1n) is 6.80. The summed E-state index contributed by atoms with van der Waals surface area (Å²) in [6.07, 6.45) is 0. The lowest BCUT2D eigenvalue weighted by molar-refractivity contribution is 0.424. The Morgan fingerprint density at radius 3 is 2.43 bits per heavy atom. The van der Waals surface area contributed by atoms with Gasteiger partial charge < -0.3 is 5.32 Å². The number of hydrogen-bond donors (Lipinski definition) is 1. The van der Waals surface area contributed by atoms with E-state index in [9.17, 15) is 0 Å². The molecular weight excluding hydrogens is 366 g/mol. The van der Waals surface area contributed by atoms with Crippen LogP contribution in [-0.2, 0) is 6.54 Å². The molecule has 2 rings (SSSR count). The molecule has 0 aliphatic rings. The van der Waals surface area contributed by atoms with Crippen molar-refractivity contribution in [2.45, 2.75) is 42.6 Å². The standard InChI is InChI=1S/C17H19BrClNS/c1-17(2,3)20-11-12-7-8-15(10-16(12)18)21-14-6-4-5-13(19)9-14/h4-10,20H,11H2,1-3H3. The summed E-state index contributed by atoms with van der Waals surface area (Å²) in [5.41, 5.74) is 1.38. The number of rotatable bonds is 4. The Kier molecular flexibility index (Phi) is 5.78. The predicted molar refractivity (Wildman–Crippen MR) is 96.3 cm³/mol. The zero-order valence-corrected chi connectivity index (χ0v) is 15.6. The van der Waals surface area contributed by atoms with Crippen molar-refractivity contribution in [2.24, 2.45) is 0 Å². The third-order valence-corrected chi connectivity index (χ3v) is 4.82. The van der Waals surface area contributed by atoms with E-state index in [2.05, 4.69) is 66.3 Å². The molecule has 1 nitrogen and oxygen atoms in total. The van der Waals surface area contributed by atoms with E-state index in [4.69, 9.17) is 11.6 Å². The highest BCUT2D eigenvalue weighted by molar-refractivity contribution is 9.10. The van der Waals surface area contributed by atoms with Gasteiger partial charge in [-0.3, -0.25) is 0 Å². The normalized spacial score (nSPS) is 11.7. The van der Waals surface area contributed by atoms with E-state index >= 15 is 0 Å². The molecule has 1 N–H and O–H groups in total. The van der Waals surface area contributed by atoms with Crippen LogP contribution in [0.5, 0.6) is 0 Å². The zero-order valence-electron chi connectivity index (χ0n) is 12.4. The third kappa shape index (κ3) is 5.67. The van der Waals surface area contributed by atoms with Gasteiger partial charge in [0.2, 0.25) is 0 Å². The predicted octanol–water partition coefficient (Wildman–Crippen LogP) is 6.14. The molecular formula is C17H19BrClNS. The highest BCUT2D eigenvalue weighted by Gasteiger charge is 2.10. The third-order valence-electron chi connectivity index (χ3n) is 2.87. The minimum absolute atomic E-state index is 0.119. The monoisotopic (exact) mass is 383 g/mol. The van der Waals surface area contributed by atoms with Crippen LogP contribution >= 0.6 is 39.3 Å². The summed E-state index contributed by atoms with van der Waals surface area (Å²) in [6, 6.07) is 14.4. The van der Waals surface area contributed by atoms with Crippen LogP contribution in [0.4, 0.5) is 0 Å². The molecule has 0 unspecified atom stereocenters. The smallest absolute Gasteiger partial charge is 0.0417 e. The van der Waals surface area contributed by atoms with Crippen molar-refractivity contribution < 1.29 is 0 Å². The molecule has 0 saturated carbocycles. The van der Waals surface area contributed by atoms with Crippen molar-refractivity contribution in [3.05, 3.63) is 57.5 Å². The molecule has 2 aromatic carbocycles. The average Bonchev–Trinajstić information content (AvgIpc) is 2.36. The summed E-state index contributed by atoms with van der Waals surface area (Å²) in [5.74, 6) is 0. The molecule has 0 atom stereocenters. The summed E-state index contributed by atoms with van der Waals surface area (Å²) in [7, 11) is 0. The Bertz CT molecular complexity index is 622. The van der Waals surface area contributed by atoms with Crippen LogP contribution in [-0.4, -0.2) is 5.54 Å². The zero-order chi connectivity index (χ0) is 15.5. The summed E-state index contributed by atoms with van der Waals surface area (Å²) in [6.45, 7) is 7.37. The van der Waals surface area contributed by atoms with E-state index in [1.54, 1.807) is 11.8 Å². The molecule has 0 radical (unpaired) electrons. The Morgan fingerprint density at radius 2 is 1.81 bits per heavy atom. The van der Waals surface area contributed by atoms with Crippen LogP contribution in [0, 0.1) is 0 Å². The molecule has 0 aliphatic heterocycles. The molecule has 0 bridgehead atoms. The fourth-order valence-corrected chi connectivity index (χ4v) is 3.60. The van der Waals surface area contributed by atoms with Crippen molar-refractivity contribution in [1.82, 2.24) is 5.32 Å². The number of nitrogens with one attached hydrogen (secondary N) is 1. The molecule has 0 aliphatic carbocycles. The average molecular weight is 385 g/mol. The molecule has 0 fully saturated rings. The van der Waals surface area contributed by atoms with Gasteiger partial charge in [0.25, 0.3) is 0 Å². The first-order chi connectivity index (χ1) is 9.83. The van der Waals surface area contributed by atoms with E-state index in [-0.39, 0.29) is 5.54 Å². The summed E-state index contributed by atoms with van der Waals surface area (Å²) in [4.78, 5) is 2.35. The van der Waals surface area contributed by atoms with E-state index in [0.29, 0.717) is 0 Å². The summed E-state index contributed by atoms with van der Waals surface area (Å²) < 4.78 is 1.13. The molecule has 21 heavy (non-hydrogen) atoms. The second kappa shape index (κ2) is 7.19. The van der Waals surface area contributed by atoms with Crippen molar-refractivity contribution >= 4 is 39.3 Å². The largest absolute Gasteiger partial charge is 0.308 e. The number of benzene rings is 2. The lowest BCUT2D eigenvalue weighted by Gasteiger charge is -2.21. The van der Waals surface area contributed by atoms with Gasteiger partial charge in [-0.1, -0.05) is 51.4 Å². The van der Waals surface area contributed by atoms with Gasteiger partial charge in [-0.25, -0.2) is 0 Å². The van der Waals surface area contributed by atoms with Crippen molar-refractivity contribution in [3.63, 3.8) is 0 Å². The molecule has 4 heteroatoms.